The van der Waals surface area contributed by atoms with E-state index in [4.69, 9.17) is 16.3 Å². The summed E-state index contributed by atoms with van der Waals surface area (Å²) in [6.07, 6.45) is 0. The molecule has 0 radical (unpaired) electrons. The van der Waals surface area contributed by atoms with E-state index in [0.29, 0.717) is 22.1 Å². The lowest BCUT2D eigenvalue weighted by atomic mass is 10.1. The number of nitrogens with one attached hydrogen (secondary N) is 2. The van der Waals surface area contributed by atoms with E-state index in [1.54, 1.807) is 12.1 Å². The molecule has 0 aliphatic rings. The highest BCUT2D eigenvalue weighted by atomic mass is 35.5. The molecule has 2 N–H and O–H groups in total. The Morgan fingerprint density at radius 2 is 1.66 bits per heavy atom. The lowest BCUT2D eigenvalue weighted by Gasteiger charge is -2.19. The van der Waals surface area contributed by atoms with E-state index in [1.165, 1.54) is 37.4 Å². The summed E-state index contributed by atoms with van der Waals surface area (Å²) >= 11 is 10.3. The number of benzene rings is 3. The molecule has 0 saturated heterocycles. The smallest absolute Gasteiger partial charge is 0.336 e. The number of anilines is 3. The third-order valence-corrected chi connectivity index (χ3v) is 5.29. The predicted octanol–water partition coefficient (Wildman–Crippen LogP) is 6.07. The van der Waals surface area contributed by atoms with Gasteiger partial charge in [0, 0.05) is 10.7 Å². The molecule has 0 aliphatic heterocycles. The number of aryl methyl sites for hydroxylation is 1. The van der Waals surface area contributed by atoms with Crippen LogP contribution in [0.1, 0.15) is 15.9 Å². The Kier molecular flexibility index (Phi) is 7.22. The molecule has 10 heteroatoms. The highest BCUT2D eigenvalue weighted by Crippen LogP contribution is 2.31. The number of halogens is 3. The highest BCUT2D eigenvalue weighted by molar-refractivity contribution is 7.82. The van der Waals surface area contributed by atoms with Crippen molar-refractivity contribution in [3.63, 3.8) is 0 Å². The number of amides is 3. The van der Waals surface area contributed by atoms with E-state index >= 15 is 0 Å². The number of hydrogen-bond acceptors (Lipinski definition) is 4. The van der Waals surface area contributed by atoms with Crippen LogP contribution in [-0.2, 0) is 0 Å². The van der Waals surface area contributed by atoms with Crippen molar-refractivity contribution in [3.05, 3.63) is 82.4 Å². The Bertz CT molecular complexity index is 1160. The second kappa shape index (κ2) is 9.88. The van der Waals surface area contributed by atoms with Crippen molar-refractivity contribution < 1.29 is 23.1 Å². The zero-order valence-electron chi connectivity index (χ0n) is 16.9. The van der Waals surface area contributed by atoms with Crippen LogP contribution in [0.3, 0.4) is 0 Å². The monoisotopic (exact) mass is 477 g/mol. The molecule has 0 saturated carbocycles. The van der Waals surface area contributed by atoms with Gasteiger partial charge in [-0.15, -0.1) is 0 Å². The lowest BCUT2D eigenvalue weighted by Crippen LogP contribution is -2.27. The van der Waals surface area contributed by atoms with Crippen molar-refractivity contribution in [2.75, 3.05) is 22.0 Å². The quantitative estimate of drug-likeness (QED) is 0.390. The minimum atomic E-state index is -0.969. The van der Waals surface area contributed by atoms with Gasteiger partial charge in [-0.25, -0.2) is 17.9 Å². The molecule has 32 heavy (non-hydrogen) atoms. The first-order chi connectivity index (χ1) is 15.2. The average molecular weight is 478 g/mol. The number of methoxy groups -OCH3 is 1. The second-order valence-corrected chi connectivity index (χ2v) is 7.45. The van der Waals surface area contributed by atoms with Gasteiger partial charge in [-0.3, -0.25) is 4.79 Å². The molecule has 3 rings (SSSR count). The van der Waals surface area contributed by atoms with Crippen LogP contribution in [0.2, 0.25) is 5.02 Å². The Labute approximate surface area is 193 Å². The normalized spacial score (nSPS) is 10.4. The number of thiol groups is 1. The molecule has 0 fully saturated rings. The van der Waals surface area contributed by atoms with Gasteiger partial charge >= 0.3 is 6.03 Å². The van der Waals surface area contributed by atoms with Crippen LogP contribution in [0.15, 0.2) is 54.6 Å². The topological polar surface area (TPSA) is 70.7 Å². The molecule has 0 bridgehead atoms. The number of carbonyl (C=O) groups excluding carboxylic acids is 2. The van der Waals surface area contributed by atoms with Crippen molar-refractivity contribution in [2.24, 2.45) is 0 Å². The number of nitrogens with zero attached hydrogens (tertiary/aromatic N) is 1. The molecule has 0 atom stereocenters. The maximum absolute atomic E-state index is 13.8. The van der Waals surface area contributed by atoms with Crippen molar-refractivity contribution in [2.45, 2.75) is 6.92 Å². The standard InChI is InChI=1S/C22H18ClF2N3O3S/c1-12-10-19(31-2)18(11-15(12)23)27-22(30)28(32)14-8-6-13(7-9-14)26-21(29)20-16(24)4-3-5-17(20)25/h3-11,32H,1-2H3,(H,26,29)(H,27,30). The van der Waals surface area contributed by atoms with E-state index in [9.17, 15) is 18.4 Å². The molecule has 166 valence electrons. The maximum atomic E-state index is 13.8. The molecule has 0 aromatic heterocycles. The minimum Gasteiger partial charge on any atom is -0.495 e. The van der Waals surface area contributed by atoms with E-state index in [1.807, 2.05) is 6.92 Å². The van der Waals surface area contributed by atoms with E-state index < -0.39 is 29.1 Å². The molecular weight excluding hydrogens is 460 g/mol. The van der Waals surface area contributed by atoms with Crippen molar-refractivity contribution in [1.29, 1.82) is 0 Å². The predicted molar refractivity (Wildman–Crippen MR) is 124 cm³/mol. The van der Waals surface area contributed by atoms with Gasteiger partial charge in [0.2, 0.25) is 0 Å². The molecular formula is C22H18ClF2N3O3S. The van der Waals surface area contributed by atoms with Crippen molar-refractivity contribution in [3.8, 4) is 5.75 Å². The third kappa shape index (κ3) is 5.12. The van der Waals surface area contributed by atoms with E-state index in [-0.39, 0.29) is 5.69 Å². The van der Waals surface area contributed by atoms with Gasteiger partial charge in [0.25, 0.3) is 5.91 Å². The van der Waals surface area contributed by atoms with Gasteiger partial charge in [-0.05, 0) is 61.0 Å². The molecule has 0 spiro atoms. The summed E-state index contributed by atoms with van der Waals surface area (Å²) in [6.45, 7) is 1.81. The SMILES string of the molecule is COc1cc(C)c(Cl)cc1NC(=O)N(S)c1ccc(NC(=O)c2c(F)cccc2F)cc1. The first-order valence-corrected chi connectivity index (χ1v) is 9.98. The summed E-state index contributed by atoms with van der Waals surface area (Å²) in [5.41, 5.74) is 1.12. The fourth-order valence-electron chi connectivity index (χ4n) is 2.80. The number of urea groups is 1. The maximum Gasteiger partial charge on any atom is 0.336 e. The molecule has 3 aromatic carbocycles. The largest absolute Gasteiger partial charge is 0.495 e. The fraction of sp³-hybridized carbons (Fsp3) is 0.0909. The Balaban J connectivity index is 1.71. The zero-order valence-corrected chi connectivity index (χ0v) is 18.6. The van der Waals surface area contributed by atoms with Crippen LogP contribution in [0.5, 0.6) is 5.75 Å². The van der Waals surface area contributed by atoms with Crippen LogP contribution in [0.4, 0.5) is 30.6 Å². The van der Waals surface area contributed by atoms with Crippen LogP contribution in [0.25, 0.3) is 0 Å². The van der Waals surface area contributed by atoms with Crippen molar-refractivity contribution >= 4 is 53.4 Å². The number of rotatable bonds is 5. The molecule has 0 heterocycles. The van der Waals surface area contributed by atoms with Crippen LogP contribution in [-0.4, -0.2) is 19.0 Å². The van der Waals surface area contributed by atoms with Crippen LogP contribution >= 0.6 is 24.4 Å². The summed E-state index contributed by atoms with van der Waals surface area (Å²) < 4.78 is 33.8. The summed E-state index contributed by atoms with van der Waals surface area (Å²) in [5, 5.41) is 5.52. The summed E-state index contributed by atoms with van der Waals surface area (Å²) in [5.74, 6) is -2.44. The Morgan fingerprint density at radius 1 is 1.03 bits per heavy atom. The highest BCUT2D eigenvalue weighted by Gasteiger charge is 2.18. The average Bonchev–Trinajstić information content (AvgIpc) is 2.76. The van der Waals surface area contributed by atoms with Gasteiger partial charge in [0.05, 0.1) is 18.5 Å². The summed E-state index contributed by atoms with van der Waals surface area (Å²) in [6, 6.07) is 11.8. The minimum absolute atomic E-state index is 0.274. The molecule has 3 amide bonds. The number of carbonyl (C=O) groups is 2. The van der Waals surface area contributed by atoms with Crippen molar-refractivity contribution in [1.82, 2.24) is 0 Å². The molecule has 0 aliphatic carbocycles. The van der Waals surface area contributed by atoms with Gasteiger partial charge in [-0.2, -0.15) is 0 Å². The zero-order chi connectivity index (χ0) is 23.4. The van der Waals surface area contributed by atoms with Crippen LogP contribution < -0.4 is 19.7 Å². The van der Waals surface area contributed by atoms with Gasteiger partial charge < -0.3 is 15.4 Å². The van der Waals surface area contributed by atoms with Crippen LogP contribution in [0, 0.1) is 18.6 Å². The lowest BCUT2D eigenvalue weighted by molar-refractivity contribution is 0.101. The molecule has 3 aromatic rings. The van der Waals surface area contributed by atoms with Gasteiger partial charge in [0.1, 0.15) is 22.9 Å². The molecule has 6 nitrogen and oxygen atoms in total. The molecule has 0 unspecified atom stereocenters. The number of hydrogen-bond donors (Lipinski definition) is 3. The summed E-state index contributed by atoms with van der Waals surface area (Å²) in [4.78, 5) is 24.8. The fourth-order valence-corrected chi connectivity index (χ4v) is 3.15. The number of ether oxygens (including phenoxy) is 1. The van der Waals surface area contributed by atoms with E-state index in [2.05, 4.69) is 23.4 Å². The first kappa shape index (κ1) is 23.4. The Hall–Kier alpha value is -3.30. The van der Waals surface area contributed by atoms with Gasteiger partial charge in [0.15, 0.2) is 0 Å². The Morgan fingerprint density at radius 3 is 2.25 bits per heavy atom. The van der Waals surface area contributed by atoms with E-state index in [0.717, 1.165) is 22.0 Å². The van der Waals surface area contributed by atoms with Gasteiger partial charge in [-0.1, -0.05) is 30.5 Å². The summed E-state index contributed by atoms with van der Waals surface area (Å²) in [7, 11) is 1.47. The second-order valence-electron chi connectivity index (χ2n) is 6.64. The third-order valence-electron chi connectivity index (χ3n) is 4.47. The first-order valence-electron chi connectivity index (χ1n) is 9.20.